The van der Waals surface area contributed by atoms with E-state index in [-0.39, 0.29) is 18.5 Å². The van der Waals surface area contributed by atoms with Crippen LogP contribution in [0.3, 0.4) is 0 Å². The molecule has 0 aliphatic heterocycles. The monoisotopic (exact) mass is 391 g/mol. The summed E-state index contributed by atoms with van der Waals surface area (Å²) >= 11 is 6.02. The molecule has 0 saturated carbocycles. The minimum Gasteiger partial charge on any atom is -0.323 e. The normalized spacial score (nSPS) is 12.0. The molecule has 0 bridgehead atoms. The zero-order valence-corrected chi connectivity index (χ0v) is 15.0. The molecular weight excluding hydrogens is 376 g/mol. The Hall–Kier alpha value is -2.84. The van der Waals surface area contributed by atoms with E-state index in [1.165, 1.54) is 23.4 Å². The average molecular weight is 392 g/mol. The molecule has 1 aromatic heterocycles. The number of carbonyl (C=O) groups is 1. The Labute approximate surface area is 159 Å². The van der Waals surface area contributed by atoms with Crippen LogP contribution in [-0.2, 0) is 4.79 Å². The second kappa shape index (κ2) is 8.24. The first-order valence-corrected chi connectivity index (χ1v) is 8.44. The highest BCUT2D eigenvalue weighted by Gasteiger charge is 2.13. The van der Waals surface area contributed by atoms with E-state index < -0.39 is 11.6 Å². The molecule has 1 atom stereocenters. The summed E-state index contributed by atoms with van der Waals surface area (Å²) in [5.74, 6) is -2.17. The van der Waals surface area contributed by atoms with Gasteiger partial charge in [-0.25, -0.2) is 18.4 Å². The Morgan fingerprint density at radius 3 is 2.74 bits per heavy atom. The van der Waals surface area contributed by atoms with Crippen molar-refractivity contribution in [2.24, 2.45) is 0 Å². The Morgan fingerprint density at radius 2 is 2.04 bits per heavy atom. The van der Waals surface area contributed by atoms with Crippen molar-refractivity contribution in [2.45, 2.75) is 13.0 Å². The van der Waals surface area contributed by atoms with Gasteiger partial charge in [0.15, 0.2) is 11.6 Å². The molecule has 3 aromatic rings. The highest BCUT2D eigenvalue weighted by molar-refractivity contribution is 6.31. The molecule has 2 aromatic carbocycles. The molecule has 0 fully saturated rings. The van der Waals surface area contributed by atoms with Crippen LogP contribution in [0.2, 0.25) is 5.02 Å². The molecule has 0 unspecified atom stereocenters. The molecule has 27 heavy (non-hydrogen) atoms. The van der Waals surface area contributed by atoms with Crippen molar-refractivity contribution < 1.29 is 13.6 Å². The summed E-state index contributed by atoms with van der Waals surface area (Å²) in [7, 11) is 0. The van der Waals surface area contributed by atoms with Gasteiger partial charge in [-0.15, -0.1) is 0 Å². The molecular formula is C18H16ClF2N5O. The lowest BCUT2D eigenvalue weighted by Gasteiger charge is -2.15. The van der Waals surface area contributed by atoms with Crippen LogP contribution in [0.5, 0.6) is 0 Å². The Bertz CT molecular complexity index is 949. The molecule has 6 nitrogen and oxygen atoms in total. The van der Waals surface area contributed by atoms with Crippen LogP contribution in [-0.4, -0.2) is 27.2 Å². The van der Waals surface area contributed by atoms with E-state index in [4.69, 9.17) is 11.6 Å². The van der Waals surface area contributed by atoms with E-state index >= 15 is 0 Å². The molecule has 0 aliphatic carbocycles. The van der Waals surface area contributed by atoms with Gasteiger partial charge in [-0.2, -0.15) is 5.10 Å². The molecule has 140 valence electrons. The van der Waals surface area contributed by atoms with Gasteiger partial charge in [0.1, 0.15) is 12.7 Å². The number of nitrogens with zero attached hydrogens (tertiary/aromatic N) is 3. The number of anilines is 1. The molecule has 0 saturated heterocycles. The number of carbonyl (C=O) groups excluding carboxylic acids is 1. The third-order valence-electron chi connectivity index (χ3n) is 3.91. The molecule has 0 radical (unpaired) electrons. The lowest BCUT2D eigenvalue weighted by molar-refractivity contribution is -0.115. The van der Waals surface area contributed by atoms with Gasteiger partial charge in [-0.3, -0.25) is 4.79 Å². The van der Waals surface area contributed by atoms with E-state index in [0.717, 1.165) is 12.1 Å². The first kappa shape index (κ1) is 18.9. The van der Waals surface area contributed by atoms with Crippen molar-refractivity contribution in [3.63, 3.8) is 0 Å². The van der Waals surface area contributed by atoms with Crippen LogP contribution in [0, 0.1) is 11.6 Å². The van der Waals surface area contributed by atoms with Gasteiger partial charge in [-0.1, -0.05) is 17.7 Å². The molecule has 1 amide bonds. The summed E-state index contributed by atoms with van der Waals surface area (Å²) in [4.78, 5) is 16.2. The predicted molar refractivity (Wildman–Crippen MR) is 97.8 cm³/mol. The van der Waals surface area contributed by atoms with E-state index in [9.17, 15) is 13.6 Å². The zero-order valence-electron chi connectivity index (χ0n) is 14.3. The lowest BCUT2D eigenvalue weighted by Crippen LogP contribution is -2.30. The van der Waals surface area contributed by atoms with Crippen LogP contribution in [0.15, 0.2) is 49.1 Å². The predicted octanol–water partition coefficient (Wildman–Crippen LogP) is 3.49. The summed E-state index contributed by atoms with van der Waals surface area (Å²) in [5, 5.41) is 10.2. The summed E-state index contributed by atoms with van der Waals surface area (Å²) in [6.07, 6.45) is 2.88. The Morgan fingerprint density at radius 1 is 1.22 bits per heavy atom. The number of hydrogen-bond donors (Lipinski definition) is 2. The third-order valence-corrected chi connectivity index (χ3v) is 4.15. The van der Waals surface area contributed by atoms with E-state index in [2.05, 4.69) is 20.7 Å². The average Bonchev–Trinajstić information content (AvgIpc) is 3.16. The maximum absolute atomic E-state index is 13.3. The van der Waals surface area contributed by atoms with Gasteiger partial charge in [0.05, 0.1) is 17.9 Å². The number of aromatic nitrogens is 3. The topological polar surface area (TPSA) is 71.8 Å². The molecule has 3 rings (SSSR count). The summed E-state index contributed by atoms with van der Waals surface area (Å²) in [5.41, 5.74) is 1.62. The Balaban J connectivity index is 1.66. The molecule has 1 heterocycles. The number of nitrogens with one attached hydrogen (secondary N) is 2. The van der Waals surface area contributed by atoms with Gasteiger partial charge >= 0.3 is 0 Å². The van der Waals surface area contributed by atoms with Crippen molar-refractivity contribution in [3.8, 4) is 5.69 Å². The van der Waals surface area contributed by atoms with Gasteiger partial charge in [-0.05, 0) is 42.8 Å². The molecule has 0 aliphatic rings. The van der Waals surface area contributed by atoms with Gasteiger partial charge < -0.3 is 10.6 Å². The second-order valence-electron chi connectivity index (χ2n) is 5.83. The van der Waals surface area contributed by atoms with Crippen molar-refractivity contribution in [1.29, 1.82) is 0 Å². The first-order chi connectivity index (χ1) is 12.9. The SMILES string of the molecule is C[C@@H](NCC(=O)Nc1cc(Cl)ccc1-n1cncn1)c1ccc(F)c(F)c1. The fourth-order valence-corrected chi connectivity index (χ4v) is 2.65. The standard InChI is InChI=1S/C18H16ClF2N5O/c1-11(12-2-4-14(20)15(21)6-12)23-8-18(27)25-16-7-13(19)3-5-17(16)26-10-22-9-24-26/h2-7,9-11,23H,8H2,1H3,(H,25,27)/t11-/m1/s1. The van der Waals surface area contributed by atoms with E-state index in [0.29, 0.717) is 22.0 Å². The van der Waals surface area contributed by atoms with E-state index in [1.807, 2.05) is 0 Å². The van der Waals surface area contributed by atoms with Gasteiger partial charge in [0.25, 0.3) is 0 Å². The minimum absolute atomic E-state index is 0.0382. The van der Waals surface area contributed by atoms with Crippen molar-refractivity contribution in [3.05, 3.63) is 71.3 Å². The first-order valence-electron chi connectivity index (χ1n) is 8.07. The fraction of sp³-hybridized carbons (Fsp3) is 0.167. The summed E-state index contributed by atoms with van der Waals surface area (Å²) in [6.45, 7) is 1.71. The maximum atomic E-state index is 13.3. The second-order valence-corrected chi connectivity index (χ2v) is 6.26. The fourth-order valence-electron chi connectivity index (χ4n) is 2.48. The van der Waals surface area contributed by atoms with Gasteiger partial charge in [0.2, 0.25) is 5.91 Å². The Kier molecular flexibility index (Phi) is 5.78. The van der Waals surface area contributed by atoms with Crippen LogP contribution in [0.4, 0.5) is 14.5 Å². The summed E-state index contributed by atoms with van der Waals surface area (Å²) < 4.78 is 27.9. The number of halogens is 3. The number of amides is 1. The zero-order chi connectivity index (χ0) is 19.4. The van der Waals surface area contributed by atoms with Crippen molar-refractivity contribution in [2.75, 3.05) is 11.9 Å². The summed E-state index contributed by atoms with van der Waals surface area (Å²) in [6, 6.07) is 8.27. The van der Waals surface area contributed by atoms with Crippen LogP contribution in [0.1, 0.15) is 18.5 Å². The number of rotatable bonds is 6. The lowest BCUT2D eigenvalue weighted by atomic mass is 10.1. The van der Waals surface area contributed by atoms with Crippen molar-refractivity contribution >= 4 is 23.2 Å². The highest BCUT2D eigenvalue weighted by atomic mass is 35.5. The van der Waals surface area contributed by atoms with Crippen LogP contribution >= 0.6 is 11.6 Å². The smallest absolute Gasteiger partial charge is 0.238 e. The van der Waals surface area contributed by atoms with Crippen molar-refractivity contribution in [1.82, 2.24) is 20.1 Å². The number of benzene rings is 2. The third kappa shape index (κ3) is 4.66. The largest absolute Gasteiger partial charge is 0.323 e. The van der Waals surface area contributed by atoms with E-state index in [1.54, 1.807) is 25.1 Å². The minimum atomic E-state index is -0.929. The maximum Gasteiger partial charge on any atom is 0.238 e. The quantitative estimate of drug-likeness (QED) is 0.674. The van der Waals surface area contributed by atoms with Gasteiger partial charge in [0, 0.05) is 11.1 Å². The molecule has 2 N–H and O–H groups in total. The number of hydrogen-bond acceptors (Lipinski definition) is 4. The van der Waals surface area contributed by atoms with Crippen LogP contribution < -0.4 is 10.6 Å². The van der Waals surface area contributed by atoms with Crippen LogP contribution in [0.25, 0.3) is 5.69 Å². The molecule has 0 spiro atoms. The molecule has 9 heteroatoms. The highest BCUT2D eigenvalue weighted by Crippen LogP contribution is 2.24.